The maximum Gasteiger partial charge on any atom is 0.364 e. The topological polar surface area (TPSA) is 373 Å². The highest BCUT2D eigenvalue weighted by molar-refractivity contribution is 5.77. The first-order valence-electron chi connectivity index (χ1n) is 38.7. The molecule has 0 radical (unpaired) electrons. The SMILES string of the molecule is CCCCCCCCCCC/C=C\C/C=C\CCCCCCCCCCCCCCCCCCCC(=O)NC(COC1OC(CO)C(OC2OC(CO)C(O)C(OC3(C(=O)O)CC(O)C(NC(C)=O)C(C(O)C(O)CO)O3)C2O)C(O)C1O)C(O)CCCCCCCCCCCCC. The summed E-state index contributed by atoms with van der Waals surface area (Å²) in [5.74, 6) is -6.10. The lowest BCUT2D eigenvalue weighted by atomic mass is 9.88. The van der Waals surface area contributed by atoms with E-state index in [-0.39, 0.29) is 18.9 Å². The van der Waals surface area contributed by atoms with Crippen molar-refractivity contribution in [1.29, 1.82) is 0 Å². The van der Waals surface area contributed by atoms with E-state index < -0.39 is 148 Å². The Morgan fingerprint density at radius 2 is 0.980 bits per heavy atom. The Kier molecular flexibility index (Phi) is 50.0. The molecule has 3 heterocycles. The largest absolute Gasteiger partial charge is 0.477 e. The predicted octanol–water partition coefficient (Wildman–Crippen LogP) is 9.18. The Labute approximate surface area is 587 Å². The lowest BCUT2D eigenvalue weighted by Crippen LogP contribution is -2.70. The van der Waals surface area contributed by atoms with Gasteiger partial charge in [0.2, 0.25) is 11.8 Å². The molecule has 3 aliphatic heterocycles. The van der Waals surface area contributed by atoms with E-state index in [2.05, 4.69) is 48.8 Å². The van der Waals surface area contributed by atoms with Crippen LogP contribution in [0.15, 0.2) is 24.3 Å². The number of ether oxygens (including phenoxy) is 6. The zero-order valence-electron chi connectivity index (χ0n) is 60.4. The fourth-order valence-corrected chi connectivity index (χ4v) is 13.5. The monoisotopic (exact) mass is 1400 g/mol. The quantitative estimate of drug-likeness (QED) is 0.0199. The van der Waals surface area contributed by atoms with Crippen molar-refractivity contribution in [3.8, 4) is 0 Å². The molecule has 0 bridgehead atoms. The summed E-state index contributed by atoms with van der Waals surface area (Å²) in [4.78, 5) is 38.6. The standard InChI is InChI=1S/C75H138N2O21/c1-4-6-8-10-12-14-16-17-18-19-20-21-22-23-24-25-26-27-28-29-30-31-32-33-34-35-36-37-39-41-43-45-47-49-62(85)77-56(57(82)48-46-44-42-40-38-15-13-11-9-7-5-2)54-93-72-67(89)66(88)69(61(53-80)95-72)96-73-68(90)71(65(87)60(52-79)94-73)98-75(74(91)92)50-58(83)63(76-55(3)81)70(97-75)64(86)59(84)51-78/h20-21,23-24,56-61,63-73,78-80,82-84,86-90H,4-19,22,25-54H2,1-3H3,(H,76,81)(H,77,85)(H,91,92)/b21-20-,24-23-. The van der Waals surface area contributed by atoms with Crippen LogP contribution in [0.4, 0.5) is 0 Å². The maximum atomic E-state index is 13.5. The number of amides is 2. The summed E-state index contributed by atoms with van der Waals surface area (Å²) in [5, 5.41) is 136. The molecule has 0 spiro atoms. The molecular weight excluding hydrogens is 1260 g/mol. The molecule has 0 aromatic rings. The minimum Gasteiger partial charge on any atom is -0.477 e. The smallest absolute Gasteiger partial charge is 0.364 e. The first-order chi connectivity index (χ1) is 47.4. The first-order valence-corrected chi connectivity index (χ1v) is 38.7. The van der Waals surface area contributed by atoms with E-state index in [4.69, 9.17) is 28.4 Å². The average molecular weight is 1400 g/mol. The number of nitrogens with one attached hydrogen (secondary N) is 2. The summed E-state index contributed by atoms with van der Waals surface area (Å²) >= 11 is 0. The number of unbranched alkanes of at least 4 members (excludes halogenated alkanes) is 36. The van der Waals surface area contributed by atoms with Crippen LogP contribution >= 0.6 is 0 Å². The van der Waals surface area contributed by atoms with Gasteiger partial charge in [0.05, 0.1) is 50.7 Å². The van der Waals surface area contributed by atoms with Crippen LogP contribution in [0.1, 0.15) is 297 Å². The third kappa shape index (κ3) is 35.6. The Bertz CT molecular complexity index is 2060. The zero-order valence-corrected chi connectivity index (χ0v) is 60.4. The van der Waals surface area contributed by atoms with Crippen LogP contribution < -0.4 is 10.6 Å². The number of carbonyl (C=O) groups is 3. The van der Waals surface area contributed by atoms with Crippen LogP contribution in [0.25, 0.3) is 0 Å². The second-order valence-corrected chi connectivity index (χ2v) is 28.2. The number of carboxylic acids is 1. The number of aliphatic hydroxyl groups excluding tert-OH is 11. The molecular formula is C75H138N2O21. The van der Waals surface area contributed by atoms with E-state index in [1.165, 1.54) is 186 Å². The lowest BCUT2D eigenvalue weighted by molar-refractivity contribution is -0.386. The van der Waals surface area contributed by atoms with Gasteiger partial charge >= 0.3 is 5.97 Å². The van der Waals surface area contributed by atoms with Crippen molar-refractivity contribution >= 4 is 17.8 Å². The lowest BCUT2D eigenvalue weighted by Gasteiger charge is -2.50. The van der Waals surface area contributed by atoms with E-state index in [0.717, 1.165) is 64.7 Å². The number of aliphatic hydroxyl groups is 11. The van der Waals surface area contributed by atoms with Crippen molar-refractivity contribution < 1.29 is 104 Å². The van der Waals surface area contributed by atoms with Gasteiger partial charge in [-0.05, 0) is 44.9 Å². The molecule has 14 N–H and O–H groups in total. The molecule has 3 aliphatic rings. The number of carbonyl (C=O) groups excluding carboxylic acids is 2. The van der Waals surface area contributed by atoms with E-state index in [9.17, 15) is 75.7 Å². The molecule has 18 unspecified atom stereocenters. The van der Waals surface area contributed by atoms with Crippen LogP contribution in [0, 0.1) is 0 Å². The number of allylic oxidation sites excluding steroid dienone is 4. The van der Waals surface area contributed by atoms with Crippen LogP contribution in [0.5, 0.6) is 0 Å². The summed E-state index contributed by atoms with van der Waals surface area (Å²) < 4.78 is 34.9. The fraction of sp³-hybridized carbons (Fsp3) is 0.907. The predicted molar refractivity (Wildman–Crippen MR) is 375 cm³/mol. The fourth-order valence-electron chi connectivity index (χ4n) is 13.5. The summed E-state index contributed by atoms with van der Waals surface area (Å²) in [5.41, 5.74) is 0. The second kappa shape index (κ2) is 54.8. The number of hydrogen-bond acceptors (Lipinski definition) is 20. The molecule has 23 nitrogen and oxygen atoms in total. The van der Waals surface area contributed by atoms with Crippen LogP contribution in [-0.4, -0.2) is 215 Å². The third-order valence-corrected chi connectivity index (χ3v) is 19.7. The molecule has 0 aliphatic carbocycles. The van der Waals surface area contributed by atoms with Crippen molar-refractivity contribution in [3.05, 3.63) is 24.3 Å². The van der Waals surface area contributed by atoms with Gasteiger partial charge in [0.25, 0.3) is 5.79 Å². The van der Waals surface area contributed by atoms with Gasteiger partial charge in [0, 0.05) is 19.8 Å². The highest BCUT2D eigenvalue weighted by Crippen LogP contribution is 2.39. The van der Waals surface area contributed by atoms with E-state index in [1.807, 2.05) is 0 Å². The highest BCUT2D eigenvalue weighted by Gasteiger charge is 2.60. The number of aliphatic carboxylic acids is 1. The van der Waals surface area contributed by atoms with Gasteiger partial charge in [-0.25, -0.2) is 4.79 Å². The van der Waals surface area contributed by atoms with Gasteiger partial charge in [-0.15, -0.1) is 0 Å². The van der Waals surface area contributed by atoms with Crippen molar-refractivity contribution in [2.45, 2.75) is 407 Å². The van der Waals surface area contributed by atoms with Gasteiger partial charge in [-0.3, -0.25) is 9.59 Å². The number of carboxylic acid groups (broad SMARTS) is 1. The molecule has 0 aromatic carbocycles. The van der Waals surface area contributed by atoms with Crippen LogP contribution in [0.3, 0.4) is 0 Å². The third-order valence-electron chi connectivity index (χ3n) is 19.7. The van der Waals surface area contributed by atoms with E-state index >= 15 is 0 Å². The molecule has 98 heavy (non-hydrogen) atoms. The molecule has 3 fully saturated rings. The molecule has 0 saturated carbocycles. The van der Waals surface area contributed by atoms with Gasteiger partial charge in [0.15, 0.2) is 12.6 Å². The van der Waals surface area contributed by atoms with Crippen molar-refractivity contribution in [3.63, 3.8) is 0 Å². The Balaban J connectivity index is 1.44. The molecule has 574 valence electrons. The first kappa shape index (κ1) is 89.4. The molecule has 3 saturated heterocycles. The van der Waals surface area contributed by atoms with Gasteiger partial charge in [0.1, 0.15) is 67.1 Å². The normalized spacial score (nSPS) is 27.3. The summed E-state index contributed by atoms with van der Waals surface area (Å²) in [6.07, 6.45) is 29.3. The number of rotatable bonds is 60. The maximum absolute atomic E-state index is 13.5. The van der Waals surface area contributed by atoms with Crippen molar-refractivity contribution in [2.75, 3.05) is 26.4 Å². The van der Waals surface area contributed by atoms with E-state index in [0.29, 0.717) is 19.3 Å². The van der Waals surface area contributed by atoms with E-state index in [1.54, 1.807) is 0 Å². The molecule has 3 rings (SSSR count). The average Bonchev–Trinajstić information content (AvgIpc) is 0.757. The zero-order chi connectivity index (χ0) is 71.8. The Morgan fingerprint density at radius 1 is 0.531 bits per heavy atom. The molecule has 2 amide bonds. The number of hydrogen-bond donors (Lipinski definition) is 14. The minimum absolute atomic E-state index is 0.225. The Hall–Kier alpha value is -2.79. The highest BCUT2D eigenvalue weighted by atomic mass is 16.8. The summed E-state index contributed by atoms with van der Waals surface area (Å²) in [6, 6.07) is -2.53. The summed E-state index contributed by atoms with van der Waals surface area (Å²) in [7, 11) is 0. The van der Waals surface area contributed by atoms with Crippen LogP contribution in [-0.2, 0) is 42.8 Å². The second-order valence-electron chi connectivity index (χ2n) is 28.2. The minimum atomic E-state index is -3.08. The van der Waals surface area contributed by atoms with Crippen molar-refractivity contribution in [2.24, 2.45) is 0 Å². The van der Waals surface area contributed by atoms with Crippen molar-refractivity contribution in [1.82, 2.24) is 10.6 Å². The van der Waals surface area contributed by atoms with Crippen LogP contribution in [0.2, 0.25) is 0 Å². The molecule has 18 atom stereocenters. The van der Waals surface area contributed by atoms with Gasteiger partial charge in [-0.2, -0.15) is 0 Å². The Morgan fingerprint density at radius 3 is 1.43 bits per heavy atom. The molecule has 0 aromatic heterocycles. The van der Waals surface area contributed by atoms with Gasteiger partial charge in [-0.1, -0.05) is 256 Å². The van der Waals surface area contributed by atoms with Gasteiger partial charge < -0.3 is 100 Å². The summed E-state index contributed by atoms with van der Waals surface area (Å²) in [6.45, 7) is 2.20. The molecule has 23 heteroatoms.